The van der Waals surface area contributed by atoms with Gasteiger partial charge in [-0.2, -0.15) is 17.9 Å². The molecule has 1 atom stereocenters. The van der Waals surface area contributed by atoms with Crippen molar-refractivity contribution in [3.63, 3.8) is 0 Å². The van der Waals surface area contributed by atoms with Crippen molar-refractivity contribution in [2.45, 2.75) is 15.3 Å². The fraction of sp³-hybridized carbons (Fsp3) is 0.429. The van der Waals surface area contributed by atoms with E-state index >= 15 is 0 Å². The largest absolute Gasteiger partial charge is 0.511 e. The summed E-state index contributed by atoms with van der Waals surface area (Å²) in [7, 11) is -5.63. The summed E-state index contributed by atoms with van der Waals surface area (Å²) < 4.78 is 57.7. The summed E-state index contributed by atoms with van der Waals surface area (Å²) in [6.07, 6.45) is 1.35. The molecule has 0 aliphatic carbocycles. The third-order valence-corrected chi connectivity index (χ3v) is 3.65. The van der Waals surface area contributed by atoms with Gasteiger partial charge in [-0.05, 0) is 12.1 Å². The molecule has 0 fully saturated rings. The Bertz CT molecular complexity index is 495. The summed E-state index contributed by atoms with van der Waals surface area (Å²) in [5.74, 6) is 0. The van der Waals surface area contributed by atoms with Crippen LogP contribution in [0, 0.1) is 0 Å². The standard InChI is InChI=1S/C7H6Cl3F3N2O2S/c8-6(9,10)5(4-2-1-3-14-4)15-18(16,17)7(11,12)13/h1-3,5,14-15H. The Morgan fingerprint density at radius 1 is 1.28 bits per heavy atom. The fourth-order valence-corrected chi connectivity index (χ4v) is 2.51. The van der Waals surface area contributed by atoms with Crippen LogP contribution in [0.1, 0.15) is 11.7 Å². The number of nitrogens with one attached hydrogen (secondary N) is 2. The SMILES string of the molecule is O=S(=O)(NC(c1ccc[nH]1)C(Cl)(Cl)Cl)C(F)(F)F. The Hall–Kier alpha value is -0.150. The Kier molecular flexibility index (Phi) is 4.49. The van der Waals surface area contributed by atoms with Crippen molar-refractivity contribution in [1.29, 1.82) is 0 Å². The molecule has 0 aromatic carbocycles. The van der Waals surface area contributed by atoms with E-state index < -0.39 is 25.4 Å². The van der Waals surface area contributed by atoms with Gasteiger partial charge >= 0.3 is 15.5 Å². The quantitative estimate of drug-likeness (QED) is 0.828. The van der Waals surface area contributed by atoms with E-state index in [1.54, 1.807) is 0 Å². The fourth-order valence-electron chi connectivity index (χ4n) is 1.05. The summed E-state index contributed by atoms with van der Waals surface area (Å²) in [6, 6.07) is 1.01. The molecule has 0 radical (unpaired) electrons. The molecule has 1 unspecified atom stereocenters. The Balaban J connectivity index is 3.10. The second-order valence-corrected chi connectivity index (χ2v) is 7.24. The van der Waals surface area contributed by atoms with Crippen LogP contribution in [0.15, 0.2) is 18.3 Å². The van der Waals surface area contributed by atoms with Crippen LogP contribution in [0.5, 0.6) is 0 Å². The highest BCUT2D eigenvalue weighted by Crippen LogP contribution is 2.40. The first-order valence-electron chi connectivity index (χ1n) is 4.24. The molecule has 11 heteroatoms. The molecule has 0 saturated carbocycles. The maximum atomic E-state index is 12.2. The van der Waals surface area contributed by atoms with E-state index in [4.69, 9.17) is 34.8 Å². The van der Waals surface area contributed by atoms with Gasteiger partial charge in [-0.1, -0.05) is 34.8 Å². The number of aromatic amines is 1. The highest BCUT2D eigenvalue weighted by Gasteiger charge is 2.50. The first-order chi connectivity index (χ1) is 7.95. The average Bonchev–Trinajstić information content (AvgIpc) is 2.62. The van der Waals surface area contributed by atoms with E-state index in [0.29, 0.717) is 0 Å². The first kappa shape index (κ1) is 15.9. The lowest BCUT2D eigenvalue weighted by molar-refractivity contribution is -0.0451. The third-order valence-electron chi connectivity index (χ3n) is 1.84. The topological polar surface area (TPSA) is 62.0 Å². The smallest absolute Gasteiger partial charge is 0.364 e. The van der Waals surface area contributed by atoms with Crippen molar-refractivity contribution in [2.24, 2.45) is 0 Å². The van der Waals surface area contributed by atoms with Crippen LogP contribution in [-0.4, -0.2) is 22.7 Å². The van der Waals surface area contributed by atoms with Crippen LogP contribution in [0.4, 0.5) is 13.2 Å². The maximum Gasteiger partial charge on any atom is 0.511 e. The van der Waals surface area contributed by atoms with Gasteiger partial charge in [-0.15, -0.1) is 0 Å². The van der Waals surface area contributed by atoms with E-state index in [1.165, 1.54) is 23.1 Å². The van der Waals surface area contributed by atoms with E-state index in [9.17, 15) is 21.6 Å². The molecule has 18 heavy (non-hydrogen) atoms. The lowest BCUT2D eigenvalue weighted by Gasteiger charge is -2.24. The van der Waals surface area contributed by atoms with Crippen LogP contribution in [0.25, 0.3) is 0 Å². The number of H-pyrrole nitrogens is 1. The van der Waals surface area contributed by atoms with Crippen LogP contribution in [0.3, 0.4) is 0 Å². The van der Waals surface area contributed by atoms with E-state index in [-0.39, 0.29) is 5.69 Å². The molecule has 0 bridgehead atoms. The van der Waals surface area contributed by atoms with Crippen molar-refractivity contribution in [3.05, 3.63) is 24.0 Å². The second-order valence-electron chi connectivity index (χ2n) is 3.17. The van der Waals surface area contributed by atoms with Crippen molar-refractivity contribution in [1.82, 2.24) is 9.71 Å². The highest BCUT2D eigenvalue weighted by atomic mass is 35.6. The van der Waals surface area contributed by atoms with E-state index in [1.807, 2.05) is 0 Å². The van der Waals surface area contributed by atoms with Gasteiger partial charge in [0.25, 0.3) is 0 Å². The molecule has 2 N–H and O–H groups in total. The Morgan fingerprint density at radius 2 is 1.83 bits per heavy atom. The highest BCUT2D eigenvalue weighted by molar-refractivity contribution is 7.90. The monoisotopic (exact) mass is 344 g/mol. The predicted octanol–water partition coefficient (Wildman–Crippen LogP) is 2.87. The molecule has 0 spiro atoms. The van der Waals surface area contributed by atoms with Crippen LogP contribution in [-0.2, 0) is 10.0 Å². The van der Waals surface area contributed by atoms with Gasteiger partial charge in [0.2, 0.25) is 3.79 Å². The van der Waals surface area contributed by atoms with Crippen molar-refractivity contribution in [2.75, 3.05) is 0 Å². The molecule has 0 aliphatic heterocycles. The number of halogens is 6. The van der Waals surface area contributed by atoms with Crippen LogP contribution in [0.2, 0.25) is 0 Å². The molecule has 0 saturated heterocycles. The zero-order valence-electron chi connectivity index (χ0n) is 8.30. The van der Waals surface area contributed by atoms with Gasteiger partial charge in [-0.3, -0.25) is 0 Å². The molecular formula is C7H6Cl3F3N2O2S. The van der Waals surface area contributed by atoms with Gasteiger partial charge in [0.1, 0.15) is 6.04 Å². The minimum atomic E-state index is -5.63. The summed E-state index contributed by atoms with van der Waals surface area (Å²) in [5, 5.41) is 0. The Labute approximate surface area is 115 Å². The van der Waals surface area contributed by atoms with Gasteiger partial charge in [-0.25, -0.2) is 8.42 Å². The summed E-state index contributed by atoms with van der Waals surface area (Å²) in [4.78, 5) is 2.47. The zero-order chi connectivity index (χ0) is 14.2. The lowest BCUT2D eigenvalue weighted by atomic mass is 10.2. The van der Waals surface area contributed by atoms with Gasteiger partial charge in [0.05, 0.1) is 0 Å². The van der Waals surface area contributed by atoms with Crippen LogP contribution >= 0.6 is 34.8 Å². The third kappa shape index (κ3) is 3.67. The van der Waals surface area contributed by atoms with Crippen molar-refractivity contribution in [3.8, 4) is 0 Å². The van der Waals surface area contributed by atoms with Crippen molar-refractivity contribution < 1.29 is 21.6 Å². The summed E-state index contributed by atoms with van der Waals surface area (Å²) in [6.45, 7) is 0. The molecular weight excluding hydrogens is 340 g/mol. The number of hydrogen-bond donors (Lipinski definition) is 2. The molecule has 1 aromatic rings. The molecule has 104 valence electrons. The number of hydrogen-bond acceptors (Lipinski definition) is 2. The maximum absolute atomic E-state index is 12.2. The predicted molar refractivity (Wildman–Crippen MR) is 61.9 cm³/mol. The van der Waals surface area contributed by atoms with Crippen LogP contribution < -0.4 is 4.72 Å². The molecule has 1 rings (SSSR count). The molecule has 1 heterocycles. The number of sulfonamides is 1. The zero-order valence-corrected chi connectivity index (χ0v) is 11.4. The lowest BCUT2D eigenvalue weighted by Crippen LogP contribution is -2.43. The van der Waals surface area contributed by atoms with Gasteiger partial charge < -0.3 is 4.98 Å². The summed E-state index contributed by atoms with van der Waals surface area (Å²) >= 11 is 16.4. The van der Waals surface area contributed by atoms with E-state index in [0.717, 1.165) is 0 Å². The van der Waals surface area contributed by atoms with Gasteiger partial charge in [0.15, 0.2) is 0 Å². The molecule has 4 nitrogen and oxygen atoms in total. The molecule has 0 aliphatic rings. The average molecular weight is 346 g/mol. The minimum Gasteiger partial charge on any atom is -0.364 e. The normalized spacial score (nSPS) is 15.7. The number of rotatable bonds is 3. The van der Waals surface area contributed by atoms with E-state index in [2.05, 4.69) is 4.98 Å². The van der Waals surface area contributed by atoms with Crippen molar-refractivity contribution >= 4 is 44.8 Å². The minimum absolute atomic E-state index is 0.0113. The number of aromatic nitrogens is 1. The van der Waals surface area contributed by atoms with Gasteiger partial charge in [0, 0.05) is 11.9 Å². The Morgan fingerprint density at radius 3 is 2.17 bits per heavy atom. The second kappa shape index (κ2) is 5.09. The molecule has 0 amide bonds. The summed E-state index contributed by atoms with van der Waals surface area (Å²) in [5.41, 5.74) is -5.50. The number of alkyl halides is 6. The first-order valence-corrected chi connectivity index (χ1v) is 6.85. The molecule has 1 aromatic heterocycles.